The summed E-state index contributed by atoms with van der Waals surface area (Å²) in [6.07, 6.45) is 1.79. The number of carbonyl (C=O) groups is 1. The number of fused-ring (bicyclic) bond motifs is 1. The number of benzene rings is 2. The molecule has 2 aliphatic rings. The highest BCUT2D eigenvalue weighted by Gasteiger charge is 2.31. The molecule has 2 aliphatic heterocycles. The van der Waals surface area contributed by atoms with Gasteiger partial charge >= 0.3 is 0 Å². The summed E-state index contributed by atoms with van der Waals surface area (Å²) in [5.74, 6) is 1.26. The van der Waals surface area contributed by atoms with Crippen molar-refractivity contribution >= 4 is 17.7 Å². The summed E-state index contributed by atoms with van der Waals surface area (Å²) in [5.41, 5.74) is 3.59. The number of aryl methyl sites for hydroxylation is 1. The van der Waals surface area contributed by atoms with E-state index < -0.39 is 0 Å². The first-order valence-corrected chi connectivity index (χ1v) is 11.0. The molecule has 1 fully saturated rings. The molecule has 0 radical (unpaired) electrons. The number of ether oxygens (including phenoxy) is 1. The van der Waals surface area contributed by atoms with Crippen molar-refractivity contribution in [1.82, 2.24) is 9.97 Å². The number of morpholine rings is 1. The molecule has 0 atom stereocenters. The molecule has 5 rings (SSSR count). The highest BCUT2D eigenvalue weighted by atomic mass is 16.5. The fourth-order valence-electron chi connectivity index (χ4n) is 4.30. The Bertz CT molecular complexity index is 1110. The summed E-state index contributed by atoms with van der Waals surface area (Å²) in [7, 11) is 0. The van der Waals surface area contributed by atoms with Gasteiger partial charge in [-0.2, -0.15) is 4.98 Å². The molecule has 1 saturated heterocycles. The van der Waals surface area contributed by atoms with Crippen LogP contribution >= 0.6 is 0 Å². The number of nitrogens with zero attached hydrogens (tertiary/aromatic N) is 4. The molecule has 3 aromatic rings. The van der Waals surface area contributed by atoms with E-state index in [0.29, 0.717) is 63.9 Å². The number of hydrogen-bond acceptors (Lipinski definition) is 6. The first-order valence-electron chi connectivity index (χ1n) is 11.0. The van der Waals surface area contributed by atoms with Gasteiger partial charge in [0.2, 0.25) is 11.9 Å². The summed E-state index contributed by atoms with van der Waals surface area (Å²) >= 11 is 0. The third-order valence-electron chi connectivity index (χ3n) is 5.99. The van der Waals surface area contributed by atoms with E-state index in [-0.39, 0.29) is 11.7 Å². The van der Waals surface area contributed by atoms with Crippen molar-refractivity contribution in [3.63, 3.8) is 0 Å². The number of hydrogen-bond donors (Lipinski definition) is 0. The molecule has 0 aliphatic carbocycles. The molecule has 0 bridgehead atoms. The minimum Gasteiger partial charge on any atom is -0.872 e. The Hall–Kier alpha value is -3.45. The monoisotopic (exact) mass is 429 g/mol. The van der Waals surface area contributed by atoms with Gasteiger partial charge in [-0.3, -0.25) is 9.69 Å². The lowest BCUT2D eigenvalue weighted by Crippen LogP contribution is -2.38. The van der Waals surface area contributed by atoms with E-state index in [1.807, 2.05) is 36.4 Å². The maximum absolute atomic E-state index is 13.2. The minimum absolute atomic E-state index is 0.0581. The predicted octanol–water partition coefficient (Wildman–Crippen LogP) is 2.58. The third-order valence-corrected chi connectivity index (χ3v) is 5.99. The van der Waals surface area contributed by atoms with Crippen LogP contribution in [0.15, 0.2) is 54.6 Å². The van der Waals surface area contributed by atoms with Gasteiger partial charge in [0.1, 0.15) is 5.82 Å². The lowest BCUT2D eigenvalue weighted by Gasteiger charge is -2.28. The van der Waals surface area contributed by atoms with Gasteiger partial charge in [0.15, 0.2) is 0 Å². The lowest BCUT2D eigenvalue weighted by atomic mass is 10.1. The van der Waals surface area contributed by atoms with E-state index in [1.54, 1.807) is 17.0 Å². The van der Waals surface area contributed by atoms with Crippen molar-refractivity contribution in [2.24, 2.45) is 0 Å². The number of anilines is 2. The second-order valence-corrected chi connectivity index (χ2v) is 8.08. The third kappa shape index (κ3) is 4.16. The molecular weight excluding hydrogens is 404 g/mol. The van der Waals surface area contributed by atoms with Crippen molar-refractivity contribution in [3.8, 4) is 17.0 Å². The predicted molar refractivity (Wildman–Crippen MR) is 121 cm³/mol. The van der Waals surface area contributed by atoms with Crippen LogP contribution in [0.1, 0.15) is 17.5 Å². The van der Waals surface area contributed by atoms with Crippen LogP contribution in [-0.4, -0.2) is 48.7 Å². The van der Waals surface area contributed by atoms with Crippen LogP contribution in [0.4, 0.5) is 11.8 Å². The SMILES string of the molecule is O=C(CCc1ccccc1)N1CCc2c(-c3cccc([O-])c3)nc(N3CCOCC3)nc21. The largest absolute Gasteiger partial charge is 0.872 e. The average molecular weight is 430 g/mol. The molecule has 0 saturated carbocycles. The van der Waals surface area contributed by atoms with Crippen LogP contribution in [0.5, 0.6) is 5.75 Å². The number of carbonyl (C=O) groups excluding carboxylic acids is 1. The topological polar surface area (TPSA) is 81.6 Å². The van der Waals surface area contributed by atoms with Crippen molar-refractivity contribution in [1.29, 1.82) is 0 Å². The number of rotatable bonds is 5. The van der Waals surface area contributed by atoms with Crippen molar-refractivity contribution in [2.45, 2.75) is 19.3 Å². The minimum atomic E-state index is -0.0587. The fraction of sp³-hybridized carbons (Fsp3) is 0.320. The smallest absolute Gasteiger partial charge is 0.228 e. The zero-order chi connectivity index (χ0) is 21.9. The van der Waals surface area contributed by atoms with Crippen molar-refractivity contribution < 1.29 is 14.6 Å². The van der Waals surface area contributed by atoms with Crippen LogP contribution in [-0.2, 0) is 22.4 Å². The van der Waals surface area contributed by atoms with Crippen LogP contribution < -0.4 is 14.9 Å². The Morgan fingerprint density at radius 2 is 1.81 bits per heavy atom. The van der Waals surface area contributed by atoms with Crippen LogP contribution in [0.3, 0.4) is 0 Å². The van der Waals surface area contributed by atoms with E-state index in [9.17, 15) is 9.90 Å². The summed E-state index contributed by atoms with van der Waals surface area (Å²) < 4.78 is 5.47. The van der Waals surface area contributed by atoms with E-state index in [2.05, 4.69) is 4.90 Å². The Labute approximate surface area is 187 Å². The fourth-order valence-corrected chi connectivity index (χ4v) is 4.30. The first kappa shape index (κ1) is 20.5. The maximum Gasteiger partial charge on any atom is 0.228 e. The lowest BCUT2D eigenvalue weighted by molar-refractivity contribution is -0.268. The second-order valence-electron chi connectivity index (χ2n) is 8.08. The zero-order valence-corrected chi connectivity index (χ0v) is 17.9. The summed E-state index contributed by atoms with van der Waals surface area (Å²) in [6, 6.07) is 16.8. The molecule has 32 heavy (non-hydrogen) atoms. The summed E-state index contributed by atoms with van der Waals surface area (Å²) in [5, 5.41) is 12.0. The molecule has 0 N–H and O–H groups in total. The Balaban J connectivity index is 1.49. The first-order chi connectivity index (χ1) is 15.7. The molecule has 0 spiro atoms. The quantitative estimate of drug-likeness (QED) is 0.620. The van der Waals surface area contributed by atoms with Crippen molar-refractivity contribution in [3.05, 3.63) is 65.7 Å². The van der Waals surface area contributed by atoms with Gasteiger partial charge in [-0.05, 0) is 18.4 Å². The highest BCUT2D eigenvalue weighted by molar-refractivity contribution is 5.96. The van der Waals surface area contributed by atoms with E-state index in [1.165, 1.54) is 6.07 Å². The molecule has 1 amide bonds. The van der Waals surface area contributed by atoms with E-state index in [0.717, 1.165) is 22.4 Å². The van der Waals surface area contributed by atoms with Gasteiger partial charge in [-0.25, -0.2) is 4.98 Å². The Kier molecular flexibility index (Phi) is 5.73. The molecule has 3 heterocycles. The van der Waals surface area contributed by atoms with Crippen LogP contribution in [0.25, 0.3) is 11.3 Å². The molecule has 2 aromatic carbocycles. The van der Waals surface area contributed by atoms with Crippen LogP contribution in [0.2, 0.25) is 0 Å². The van der Waals surface area contributed by atoms with Gasteiger partial charge in [-0.1, -0.05) is 54.6 Å². The zero-order valence-electron chi connectivity index (χ0n) is 17.9. The van der Waals surface area contributed by atoms with E-state index in [4.69, 9.17) is 14.7 Å². The summed E-state index contributed by atoms with van der Waals surface area (Å²) in [4.78, 5) is 26.7. The second kappa shape index (κ2) is 8.96. The van der Waals surface area contributed by atoms with Gasteiger partial charge < -0.3 is 14.7 Å². The molecule has 1 aromatic heterocycles. The van der Waals surface area contributed by atoms with Gasteiger partial charge in [0.25, 0.3) is 0 Å². The summed E-state index contributed by atoms with van der Waals surface area (Å²) in [6.45, 7) is 3.20. The number of amides is 1. The highest BCUT2D eigenvalue weighted by Crippen LogP contribution is 2.36. The molecular formula is C25H25N4O3-. The molecule has 7 nitrogen and oxygen atoms in total. The van der Waals surface area contributed by atoms with Gasteiger partial charge in [0, 0.05) is 37.2 Å². The molecule has 164 valence electrons. The number of aromatic nitrogens is 2. The van der Waals surface area contributed by atoms with Crippen LogP contribution in [0, 0.1) is 0 Å². The Morgan fingerprint density at radius 1 is 1.00 bits per heavy atom. The normalized spacial score (nSPS) is 15.6. The van der Waals surface area contributed by atoms with Gasteiger partial charge in [-0.15, -0.1) is 5.75 Å². The van der Waals surface area contributed by atoms with Crippen molar-refractivity contribution in [2.75, 3.05) is 42.6 Å². The van der Waals surface area contributed by atoms with E-state index >= 15 is 0 Å². The molecule has 7 heteroatoms. The Morgan fingerprint density at radius 3 is 2.59 bits per heavy atom. The average Bonchev–Trinajstić information content (AvgIpc) is 3.27. The molecule has 0 unspecified atom stereocenters. The maximum atomic E-state index is 13.2. The standard InChI is InChI=1S/C25H26N4O3/c30-20-8-4-7-19(17-20)23-21-11-12-29(22(31)10-9-18-5-2-1-3-6-18)24(21)27-25(26-23)28-13-15-32-16-14-28/h1-8,17,30H,9-16H2/p-1. The van der Waals surface area contributed by atoms with Gasteiger partial charge in [0.05, 0.1) is 18.9 Å².